The van der Waals surface area contributed by atoms with Crippen molar-refractivity contribution >= 4 is 80.8 Å². The Hall–Kier alpha value is -6.80. The zero-order valence-corrected chi connectivity index (χ0v) is 43.4. The Morgan fingerprint density at radius 2 is 1.42 bits per heavy atom. The molecular weight excluding hydrogens is 983 g/mol. The molecule has 0 radical (unpaired) electrons. The zero-order valence-electron chi connectivity index (χ0n) is 41.8. The molecule has 2 unspecified atom stereocenters. The maximum absolute atomic E-state index is 14.7. The molecule has 0 saturated carbocycles. The molecule has 1 aliphatic heterocycles. The van der Waals surface area contributed by atoms with Gasteiger partial charge in [0.05, 0.1) is 12.6 Å². The number of hydrogen-bond donors (Lipinski definition) is 13. The maximum atomic E-state index is 14.7. The van der Waals surface area contributed by atoms with Crippen LogP contribution >= 0.6 is 21.6 Å². The maximum Gasteiger partial charge on any atom is 0.245 e. The highest BCUT2D eigenvalue weighted by Gasteiger charge is 2.36. The van der Waals surface area contributed by atoms with E-state index in [1.54, 1.807) is 49.4 Å². The van der Waals surface area contributed by atoms with Gasteiger partial charge in [0.1, 0.15) is 42.0 Å². The Morgan fingerprint density at radius 1 is 0.795 bits per heavy atom. The molecular formula is C47H73N15O9S2. The van der Waals surface area contributed by atoms with Crippen LogP contribution in [0.2, 0.25) is 0 Å². The van der Waals surface area contributed by atoms with Gasteiger partial charge in [0, 0.05) is 44.6 Å². The number of nitrogens with zero attached hydrogens (tertiary/aromatic N) is 3. The summed E-state index contributed by atoms with van der Waals surface area (Å²) in [4.78, 5) is 120. The second-order valence-corrected chi connectivity index (χ2v) is 20.3. The quantitative estimate of drug-likeness (QED) is 0.0225. The molecule has 2 aromatic rings. The fourth-order valence-corrected chi connectivity index (χ4v) is 9.75. The third kappa shape index (κ3) is 22.2. The molecule has 1 saturated heterocycles. The van der Waals surface area contributed by atoms with Crippen LogP contribution in [-0.4, -0.2) is 156 Å². The molecule has 402 valence electrons. The number of nitrogens with one attached hydrogen (secondary N) is 7. The van der Waals surface area contributed by atoms with Crippen LogP contribution in [0.1, 0.15) is 64.0 Å². The highest BCUT2D eigenvalue weighted by atomic mass is 33.1. The number of phenolic OH excluding ortho intramolecular Hbond substituents is 1. The van der Waals surface area contributed by atoms with Crippen molar-refractivity contribution < 1.29 is 43.5 Å². The molecule has 3 rings (SSSR count). The van der Waals surface area contributed by atoms with Crippen molar-refractivity contribution in [3.8, 4) is 5.75 Å². The Morgan fingerprint density at radius 3 is 2.04 bits per heavy atom. The van der Waals surface area contributed by atoms with Gasteiger partial charge in [-0.2, -0.15) is 0 Å². The van der Waals surface area contributed by atoms with E-state index in [4.69, 9.17) is 28.7 Å². The molecule has 0 aromatic heterocycles. The van der Waals surface area contributed by atoms with E-state index in [9.17, 15) is 43.5 Å². The van der Waals surface area contributed by atoms with E-state index < -0.39 is 96.1 Å². The molecule has 0 bridgehead atoms. The van der Waals surface area contributed by atoms with Crippen molar-refractivity contribution in [2.45, 2.75) is 108 Å². The van der Waals surface area contributed by atoms with Gasteiger partial charge < -0.3 is 75.9 Å². The topological polar surface area (TPSA) is 399 Å². The van der Waals surface area contributed by atoms with Gasteiger partial charge in [-0.15, -0.1) is 0 Å². The molecule has 73 heavy (non-hydrogen) atoms. The Balaban J connectivity index is 1.99. The van der Waals surface area contributed by atoms with Crippen LogP contribution in [0.15, 0.2) is 64.6 Å². The average Bonchev–Trinajstić information content (AvgIpc) is 3.34. The number of guanidine groups is 2. The van der Waals surface area contributed by atoms with Crippen LogP contribution < -0.4 is 65.9 Å². The van der Waals surface area contributed by atoms with Gasteiger partial charge in [0.15, 0.2) is 11.9 Å². The molecule has 26 heteroatoms. The number of amides is 8. The van der Waals surface area contributed by atoms with Crippen LogP contribution in [0, 0.1) is 5.92 Å². The molecule has 24 nitrogen and oxygen atoms in total. The molecule has 0 spiro atoms. The number of phenols is 1. The van der Waals surface area contributed by atoms with E-state index >= 15 is 0 Å². The predicted octanol–water partition coefficient (Wildman–Crippen LogP) is -2.44. The number of aromatic hydroxyl groups is 1. The van der Waals surface area contributed by atoms with E-state index in [1.165, 1.54) is 24.1 Å². The molecule has 1 heterocycles. The van der Waals surface area contributed by atoms with Gasteiger partial charge in [0.25, 0.3) is 0 Å². The Labute approximate surface area is 433 Å². The van der Waals surface area contributed by atoms with E-state index in [-0.39, 0.29) is 86.7 Å². The fourth-order valence-electron chi connectivity index (χ4n) is 7.42. The second-order valence-electron chi connectivity index (χ2n) is 17.7. The van der Waals surface area contributed by atoms with E-state index in [1.807, 2.05) is 13.8 Å². The summed E-state index contributed by atoms with van der Waals surface area (Å²) in [6.45, 7) is 5.48. The Kier molecular flexibility index (Phi) is 26.2. The lowest BCUT2D eigenvalue weighted by Gasteiger charge is -2.33. The zero-order chi connectivity index (χ0) is 54.0. The molecule has 7 atom stereocenters. The lowest BCUT2D eigenvalue weighted by Crippen LogP contribution is -2.60. The average molecular weight is 1060 g/mol. The number of rotatable bonds is 24. The van der Waals surface area contributed by atoms with E-state index in [2.05, 4.69) is 47.2 Å². The minimum atomic E-state index is -1.37. The van der Waals surface area contributed by atoms with Crippen LogP contribution in [0.5, 0.6) is 5.75 Å². The van der Waals surface area contributed by atoms with E-state index in [0.717, 1.165) is 21.6 Å². The third-order valence-corrected chi connectivity index (χ3v) is 13.6. The Bertz CT molecular complexity index is 2220. The first-order valence-electron chi connectivity index (χ1n) is 23.9. The normalized spacial score (nSPS) is 18.1. The standard InChI is InChI=1S/C47H73N15O9S2/c1-5-53-40(66)33(21-27(2)3)59-44(70)37(14-10-20-55-47(51)52)62(4)45(71)32(13-9-19-54-46(49)50)58-43(69)36-26-73-72-25-35(60-39(65)31(48)22-29-15-17-30(63)18-16-29)41(67)56-24-38(64)57-34(42(68)61-36)23-28-11-7-6-8-12-28/h6-8,11-12,15-18,27,31-37,63H,5,9-10,13-14,19-26,48H2,1-4H3,(H,53,66)(H,56,67)(H,57,64)(H,58,69)(H,59,70)(H,60,65)(H,61,68)(H4,49,50,54)(H4,51,52,55)/t31-,32-,33+,34?,35+,36?,37-/m0/s1. The lowest BCUT2D eigenvalue weighted by atomic mass is 10.0. The predicted molar refractivity (Wildman–Crippen MR) is 282 cm³/mol. The van der Waals surface area contributed by atoms with Crippen LogP contribution in [-0.2, 0) is 51.2 Å². The minimum Gasteiger partial charge on any atom is -0.508 e. The monoisotopic (exact) mass is 1060 g/mol. The largest absolute Gasteiger partial charge is 0.508 e. The number of hydrogen-bond acceptors (Lipinski definition) is 14. The van der Waals surface area contributed by atoms with Crippen molar-refractivity contribution in [3.63, 3.8) is 0 Å². The minimum absolute atomic E-state index is 0.0121. The highest BCUT2D eigenvalue weighted by molar-refractivity contribution is 8.76. The summed E-state index contributed by atoms with van der Waals surface area (Å²) in [5.41, 5.74) is 29.8. The molecule has 18 N–H and O–H groups in total. The van der Waals surface area contributed by atoms with Crippen molar-refractivity contribution in [3.05, 3.63) is 65.7 Å². The highest BCUT2D eigenvalue weighted by Crippen LogP contribution is 2.24. The van der Waals surface area contributed by atoms with Crippen molar-refractivity contribution in [2.24, 2.45) is 44.6 Å². The summed E-state index contributed by atoms with van der Waals surface area (Å²) in [5.74, 6) is -5.94. The van der Waals surface area contributed by atoms with Gasteiger partial charge in [-0.3, -0.25) is 48.3 Å². The first kappa shape index (κ1) is 60.5. The third-order valence-electron chi connectivity index (χ3n) is 11.2. The van der Waals surface area contributed by atoms with Crippen LogP contribution in [0.4, 0.5) is 0 Å². The number of nitrogens with two attached hydrogens (primary N) is 5. The molecule has 0 aliphatic carbocycles. The van der Waals surface area contributed by atoms with Gasteiger partial charge in [-0.1, -0.05) is 77.9 Å². The van der Waals surface area contributed by atoms with Crippen LogP contribution in [0.25, 0.3) is 0 Å². The van der Waals surface area contributed by atoms with Crippen LogP contribution in [0.3, 0.4) is 0 Å². The van der Waals surface area contributed by atoms with Gasteiger partial charge in [-0.05, 0) is 74.6 Å². The molecule has 2 aromatic carbocycles. The van der Waals surface area contributed by atoms with Gasteiger partial charge in [0.2, 0.25) is 47.3 Å². The number of likely N-dealkylation sites (N-methyl/N-ethyl adjacent to an activating group) is 2. The van der Waals surface area contributed by atoms with Gasteiger partial charge in [-0.25, -0.2) is 0 Å². The summed E-state index contributed by atoms with van der Waals surface area (Å²) in [7, 11) is 3.57. The number of benzene rings is 2. The van der Waals surface area contributed by atoms with Crippen molar-refractivity contribution in [2.75, 3.05) is 44.7 Å². The van der Waals surface area contributed by atoms with Crippen molar-refractivity contribution in [1.82, 2.24) is 42.1 Å². The summed E-state index contributed by atoms with van der Waals surface area (Å²) in [5, 5.41) is 28.6. The molecule has 1 aliphatic rings. The fraction of sp³-hybridized carbons (Fsp3) is 0.532. The van der Waals surface area contributed by atoms with Gasteiger partial charge >= 0.3 is 0 Å². The number of carbonyl (C=O) groups excluding carboxylic acids is 8. The van der Waals surface area contributed by atoms with E-state index in [0.29, 0.717) is 24.1 Å². The van der Waals surface area contributed by atoms with Crippen molar-refractivity contribution in [1.29, 1.82) is 0 Å². The first-order chi connectivity index (χ1) is 34.7. The smallest absolute Gasteiger partial charge is 0.245 e. The summed E-state index contributed by atoms with van der Waals surface area (Å²) in [6.07, 6.45) is 0.809. The number of carbonyl (C=O) groups is 8. The first-order valence-corrected chi connectivity index (χ1v) is 26.4. The lowest BCUT2D eigenvalue weighted by molar-refractivity contribution is -0.143. The number of aliphatic imine (C=N–C) groups is 2. The summed E-state index contributed by atoms with van der Waals surface area (Å²) >= 11 is 0. The molecule has 1 fully saturated rings. The summed E-state index contributed by atoms with van der Waals surface area (Å²) in [6, 6.07) is 6.54. The SMILES string of the molecule is CCNC(=O)[C@@H](CC(C)C)NC(=O)[C@H](CCCN=C(N)N)N(C)C(=O)[C@H](CCCN=C(N)N)NC(=O)C1CSSC[C@@H](NC(=O)[C@@H](N)Cc2ccc(O)cc2)C(=O)NCC(=O)NC(Cc2ccccc2)C(=O)N1. The molecule has 8 amide bonds. The second kappa shape index (κ2) is 31.6. The summed E-state index contributed by atoms with van der Waals surface area (Å²) < 4.78 is 0.